The lowest BCUT2D eigenvalue weighted by Gasteiger charge is -2.06. The monoisotopic (exact) mass is 290 g/mol. The van der Waals surface area contributed by atoms with Crippen LogP contribution in [0.4, 0.5) is 4.39 Å². The molecule has 0 fully saturated rings. The van der Waals surface area contributed by atoms with Crippen molar-refractivity contribution in [2.24, 2.45) is 0 Å². The minimum atomic E-state index is -0.0781. The SMILES string of the molecule is CSc1c(CBr)cc2sccc2c1F. The number of halogens is 2. The van der Waals surface area contributed by atoms with Crippen LogP contribution in [0, 0.1) is 5.82 Å². The van der Waals surface area contributed by atoms with Gasteiger partial charge in [0.05, 0.1) is 0 Å². The summed E-state index contributed by atoms with van der Waals surface area (Å²) in [6.45, 7) is 0. The molecule has 0 aliphatic rings. The Labute approximate surface area is 98.6 Å². The highest BCUT2D eigenvalue weighted by atomic mass is 79.9. The molecule has 2 aromatic rings. The number of thiophene rings is 1. The van der Waals surface area contributed by atoms with E-state index in [-0.39, 0.29) is 5.82 Å². The van der Waals surface area contributed by atoms with Crippen molar-refractivity contribution in [2.45, 2.75) is 10.2 Å². The summed E-state index contributed by atoms with van der Waals surface area (Å²) in [5.41, 5.74) is 1.03. The molecule has 0 nitrogen and oxygen atoms in total. The van der Waals surface area contributed by atoms with Crippen molar-refractivity contribution in [1.29, 1.82) is 0 Å². The van der Waals surface area contributed by atoms with Crippen LogP contribution in [0.1, 0.15) is 5.56 Å². The fraction of sp³-hybridized carbons (Fsp3) is 0.200. The van der Waals surface area contributed by atoms with Gasteiger partial charge in [0.15, 0.2) is 0 Å². The summed E-state index contributed by atoms with van der Waals surface area (Å²) >= 11 is 6.43. The topological polar surface area (TPSA) is 0 Å². The molecule has 0 bridgehead atoms. The third kappa shape index (κ3) is 1.59. The summed E-state index contributed by atoms with van der Waals surface area (Å²) in [7, 11) is 0. The molecule has 1 aromatic heterocycles. The van der Waals surface area contributed by atoms with Gasteiger partial charge in [0.1, 0.15) is 5.82 Å². The van der Waals surface area contributed by atoms with Crippen molar-refractivity contribution >= 4 is 49.1 Å². The molecular formula is C10H8BrFS2. The number of rotatable bonds is 2. The molecule has 2 rings (SSSR count). The van der Waals surface area contributed by atoms with Crippen molar-refractivity contribution in [3.8, 4) is 0 Å². The van der Waals surface area contributed by atoms with Gasteiger partial charge in [-0.15, -0.1) is 23.1 Å². The standard InChI is InChI=1S/C10H8BrFS2/c1-13-10-6(5-11)4-8-7(9(10)12)2-3-14-8/h2-4H,5H2,1H3. The van der Waals surface area contributed by atoms with E-state index in [1.54, 1.807) is 11.3 Å². The lowest BCUT2D eigenvalue weighted by Crippen LogP contribution is -1.88. The molecule has 1 aromatic carbocycles. The Morgan fingerprint density at radius 3 is 3.00 bits per heavy atom. The predicted molar refractivity (Wildman–Crippen MR) is 66.2 cm³/mol. The van der Waals surface area contributed by atoms with Gasteiger partial charge in [0, 0.05) is 20.3 Å². The quantitative estimate of drug-likeness (QED) is 0.573. The number of fused-ring (bicyclic) bond motifs is 1. The van der Waals surface area contributed by atoms with E-state index in [9.17, 15) is 4.39 Å². The highest BCUT2D eigenvalue weighted by Gasteiger charge is 2.12. The molecule has 0 aliphatic carbocycles. The second kappa shape index (κ2) is 4.21. The minimum absolute atomic E-state index is 0.0781. The molecule has 0 spiro atoms. The van der Waals surface area contributed by atoms with Crippen LogP contribution < -0.4 is 0 Å². The van der Waals surface area contributed by atoms with Crippen molar-refractivity contribution in [3.63, 3.8) is 0 Å². The number of hydrogen-bond donors (Lipinski definition) is 0. The normalized spacial score (nSPS) is 11.1. The summed E-state index contributed by atoms with van der Waals surface area (Å²) in [5, 5.41) is 3.37. The molecule has 0 saturated carbocycles. The van der Waals surface area contributed by atoms with Crippen molar-refractivity contribution in [3.05, 3.63) is 28.9 Å². The average molecular weight is 291 g/mol. The van der Waals surface area contributed by atoms with Crippen molar-refractivity contribution in [2.75, 3.05) is 6.26 Å². The molecule has 0 amide bonds. The summed E-state index contributed by atoms with van der Waals surface area (Å²) in [6, 6.07) is 3.90. The molecule has 0 atom stereocenters. The lowest BCUT2D eigenvalue weighted by atomic mass is 10.2. The second-order valence-electron chi connectivity index (χ2n) is 2.85. The Kier molecular flexibility index (Phi) is 3.14. The molecule has 0 aliphatic heterocycles. The second-order valence-corrected chi connectivity index (χ2v) is 5.17. The molecule has 4 heteroatoms. The van der Waals surface area contributed by atoms with E-state index in [0.717, 1.165) is 20.5 Å². The summed E-state index contributed by atoms with van der Waals surface area (Å²) in [5.74, 6) is -0.0781. The maximum atomic E-state index is 13.9. The highest BCUT2D eigenvalue weighted by Crippen LogP contribution is 2.34. The van der Waals surface area contributed by atoms with E-state index in [0.29, 0.717) is 5.33 Å². The first-order valence-electron chi connectivity index (χ1n) is 4.06. The van der Waals surface area contributed by atoms with Gasteiger partial charge in [-0.25, -0.2) is 4.39 Å². The zero-order valence-corrected chi connectivity index (χ0v) is 10.7. The van der Waals surface area contributed by atoms with Crippen LogP contribution in [-0.2, 0) is 5.33 Å². The van der Waals surface area contributed by atoms with Crippen LogP contribution in [0.25, 0.3) is 10.1 Å². The van der Waals surface area contributed by atoms with Gasteiger partial charge in [-0.1, -0.05) is 15.9 Å². The Bertz CT molecular complexity index is 464. The number of thioether (sulfide) groups is 1. The Hall–Kier alpha value is -0.0600. The van der Waals surface area contributed by atoms with Crippen LogP contribution in [0.15, 0.2) is 22.4 Å². The van der Waals surface area contributed by atoms with Gasteiger partial charge < -0.3 is 0 Å². The van der Waals surface area contributed by atoms with Crippen molar-refractivity contribution < 1.29 is 4.39 Å². The van der Waals surface area contributed by atoms with Gasteiger partial charge in [0.25, 0.3) is 0 Å². The third-order valence-corrected chi connectivity index (χ3v) is 4.39. The van der Waals surface area contributed by atoms with Gasteiger partial charge in [0.2, 0.25) is 0 Å². The van der Waals surface area contributed by atoms with Crippen LogP contribution in [0.3, 0.4) is 0 Å². The Morgan fingerprint density at radius 2 is 2.36 bits per heavy atom. The molecule has 74 valence electrons. The zero-order chi connectivity index (χ0) is 10.1. The fourth-order valence-corrected chi connectivity index (χ4v) is 3.58. The Balaban J connectivity index is 2.79. The van der Waals surface area contributed by atoms with E-state index >= 15 is 0 Å². The Morgan fingerprint density at radius 1 is 1.57 bits per heavy atom. The molecule has 0 unspecified atom stereocenters. The number of benzene rings is 1. The largest absolute Gasteiger partial charge is 0.205 e. The molecule has 1 heterocycles. The molecule has 14 heavy (non-hydrogen) atoms. The predicted octanol–water partition coefficient (Wildman–Crippen LogP) is 4.66. The van der Waals surface area contributed by atoms with Crippen LogP contribution in [0.5, 0.6) is 0 Å². The summed E-state index contributed by atoms with van der Waals surface area (Å²) in [4.78, 5) is 0.757. The zero-order valence-electron chi connectivity index (χ0n) is 7.51. The van der Waals surface area contributed by atoms with Crippen LogP contribution in [-0.4, -0.2) is 6.26 Å². The highest BCUT2D eigenvalue weighted by molar-refractivity contribution is 9.08. The first-order valence-corrected chi connectivity index (χ1v) is 7.29. The maximum absolute atomic E-state index is 13.9. The van der Waals surface area contributed by atoms with E-state index in [4.69, 9.17) is 0 Å². The smallest absolute Gasteiger partial charge is 0.145 e. The fourth-order valence-electron chi connectivity index (χ4n) is 1.42. The first kappa shape index (κ1) is 10.5. The molecule has 0 radical (unpaired) electrons. The molecule has 0 saturated heterocycles. The molecule has 0 N–H and O–H groups in total. The van der Waals surface area contributed by atoms with Gasteiger partial charge >= 0.3 is 0 Å². The molecular weight excluding hydrogens is 283 g/mol. The van der Waals surface area contributed by atoms with Gasteiger partial charge in [-0.05, 0) is 29.3 Å². The lowest BCUT2D eigenvalue weighted by molar-refractivity contribution is 0.612. The maximum Gasteiger partial charge on any atom is 0.145 e. The number of alkyl halides is 1. The van der Waals surface area contributed by atoms with Gasteiger partial charge in [-0.2, -0.15) is 0 Å². The van der Waals surface area contributed by atoms with Crippen LogP contribution >= 0.6 is 39.0 Å². The van der Waals surface area contributed by atoms with E-state index in [1.807, 2.05) is 17.7 Å². The van der Waals surface area contributed by atoms with Gasteiger partial charge in [-0.3, -0.25) is 0 Å². The third-order valence-electron chi connectivity index (χ3n) is 2.08. The minimum Gasteiger partial charge on any atom is -0.205 e. The van der Waals surface area contributed by atoms with Crippen molar-refractivity contribution in [1.82, 2.24) is 0 Å². The van der Waals surface area contributed by atoms with Crippen LogP contribution in [0.2, 0.25) is 0 Å². The van der Waals surface area contributed by atoms with E-state index in [2.05, 4.69) is 22.0 Å². The summed E-state index contributed by atoms with van der Waals surface area (Å²) < 4.78 is 14.9. The number of hydrogen-bond acceptors (Lipinski definition) is 2. The van der Waals surface area contributed by atoms with E-state index in [1.165, 1.54) is 11.8 Å². The summed E-state index contributed by atoms with van der Waals surface area (Å²) in [6.07, 6.45) is 1.91. The first-order chi connectivity index (χ1) is 6.77. The van der Waals surface area contributed by atoms with E-state index < -0.39 is 0 Å². The average Bonchev–Trinajstić information content (AvgIpc) is 2.65.